The molecule has 0 fully saturated rings. The second-order valence-electron chi connectivity index (χ2n) is 4.38. The lowest BCUT2D eigenvalue weighted by molar-refractivity contribution is 0.667. The van der Waals surface area contributed by atoms with Gasteiger partial charge in [0.05, 0.1) is 4.47 Å². The van der Waals surface area contributed by atoms with E-state index in [0.717, 1.165) is 15.6 Å². The van der Waals surface area contributed by atoms with E-state index in [0.29, 0.717) is 0 Å². The Kier molecular flexibility index (Phi) is 2.03. The highest BCUT2D eigenvalue weighted by Gasteiger charge is 2.12. The van der Waals surface area contributed by atoms with E-state index >= 15 is 0 Å². The lowest BCUT2D eigenvalue weighted by atomic mass is 10.0. The van der Waals surface area contributed by atoms with Crippen LogP contribution >= 0.6 is 15.9 Å². The van der Waals surface area contributed by atoms with E-state index in [1.165, 1.54) is 21.5 Å². The van der Waals surface area contributed by atoms with Crippen molar-refractivity contribution >= 4 is 48.6 Å². The summed E-state index contributed by atoms with van der Waals surface area (Å²) in [7, 11) is 0. The van der Waals surface area contributed by atoms with Crippen molar-refractivity contribution < 1.29 is 4.42 Å². The molecule has 1 nitrogen and oxygen atoms in total. The number of furan rings is 1. The quantitative estimate of drug-likeness (QED) is 0.417. The number of para-hydroxylation sites is 1. The molecule has 0 saturated heterocycles. The topological polar surface area (TPSA) is 13.1 Å². The van der Waals surface area contributed by atoms with Crippen molar-refractivity contribution in [1.82, 2.24) is 0 Å². The van der Waals surface area contributed by atoms with Gasteiger partial charge in [-0.25, -0.2) is 0 Å². The molecule has 0 aliphatic carbocycles. The predicted octanol–water partition coefficient (Wildman–Crippen LogP) is 5.50. The van der Waals surface area contributed by atoms with Gasteiger partial charge in [0, 0.05) is 10.8 Å². The van der Waals surface area contributed by atoms with Gasteiger partial charge in [-0.2, -0.15) is 0 Å². The van der Waals surface area contributed by atoms with Gasteiger partial charge in [0.1, 0.15) is 11.2 Å². The van der Waals surface area contributed by atoms with Gasteiger partial charge in [0.15, 0.2) is 0 Å². The highest BCUT2D eigenvalue weighted by Crippen LogP contribution is 2.38. The molecule has 0 spiro atoms. The van der Waals surface area contributed by atoms with Crippen molar-refractivity contribution in [3.8, 4) is 0 Å². The number of halogens is 1. The van der Waals surface area contributed by atoms with Crippen LogP contribution in [0.25, 0.3) is 32.7 Å². The second-order valence-corrected chi connectivity index (χ2v) is 5.24. The maximum atomic E-state index is 5.94. The molecule has 0 atom stereocenters. The third-order valence-corrected chi connectivity index (χ3v) is 3.91. The molecule has 1 heterocycles. The van der Waals surface area contributed by atoms with Gasteiger partial charge in [-0.05, 0) is 38.8 Å². The van der Waals surface area contributed by atoms with Crippen molar-refractivity contribution in [3.05, 3.63) is 59.1 Å². The van der Waals surface area contributed by atoms with Gasteiger partial charge in [-0.15, -0.1) is 0 Å². The van der Waals surface area contributed by atoms with Crippen LogP contribution in [0.4, 0.5) is 0 Å². The Morgan fingerprint density at radius 2 is 1.56 bits per heavy atom. The number of fused-ring (bicyclic) bond motifs is 5. The molecular weight excluding hydrogens is 288 g/mol. The Hall–Kier alpha value is -1.80. The summed E-state index contributed by atoms with van der Waals surface area (Å²) in [6, 6.07) is 18.7. The highest BCUT2D eigenvalue weighted by molar-refractivity contribution is 9.10. The van der Waals surface area contributed by atoms with E-state index in [1.54, 1.807) is 0 Å². The average molecular weight is 297 g/mol. The summed E-state index contributed by atoms with van der Waals surface area (Å²) in [6.07, 6.45) is 0. The Balaban J connectivity index is 2.41. The predicted molar refractivity (Wildman–Crippen MR) is 78.9 cm³/mol. The van der Waals surface area contributed by atoms with Gasteiger partial charge < -0.3 is 4.42 Å². The molecule has 2 heteroatoms. The molecule has 0 aliphatic rings. The summed E-state index contributed by atoms with van der Waals surface area (Å²) in [6.45, 7) is 0. The normalized spacial score (nSPS) is 11.6. The molecule has 0 radical (unpaired) electrons. The maximum Gasteiger partial charge on any atom is 0.150 e. The number of rotatable bonds is 0. The molecule has 0 amide bonds. The molecule has 86 valence electrons. The standard InChI is InChI=1S/C16H9BrO/c17-13-9-10-5-1-2-6-11(10)15-12-7-3-4-8-14(12)18-16(13)15/h1-9H. The molecule has 0 saturated carbocycles. The van der Waals surface area contributed by atoms with Crippen molar-refractivity contribution in [2.75, 3.05) is 0 Å². The van der Waals surface area contributed by atoms with Gasteiger partial charge in [0.25, 0.3) is 0 Å². The van der Waals surface area contributed by atoms with Crippen molar-refractivity contribution in [2.24, 2.45) is 0 Å². The molecule has 0 N–H and O–H groups in total. The van der Waals surface area contributed by atoms with E-state index in [2.05, 4.69) is 52.3 Å². The van der Waals surface area contributed by atoms with Crippen LogP contribution in [0.15, 0.2) is 63.5 Å². The zero-order chi connectivity index (χ0) is 12.1. The van der Waals surface area contributed by atoms with Gasteiger partial charge in [-0.1, -0.05) is 42.5 Å². The fourth-order valence-corrected chi connectivity index (χ4v) is 3.06. The Morgan fingerprint density at radius 3 is 2.44 bits per heavy atom. The Labute approximate surface area is 112 Å². The fraction of sp³-hybridized carbons (Fsp3) is 0. The van der Waals surface area contributed by atoms with E-state index in [4.69, 9.17) is 4.42 Å². The second kappa shape index (κ2) is 3.59. The van der Waals surface area contributed by atoms with Crippen LogP contribution in [0.3, 0.4) is 0 Å². The van der Waals surface area contributed by atoms with Crippen LogP contribution in [0, 0.1) is 0 Å². The summed E-state index contributed by atoms with van der Waals surface area (Å²) in [5.74, 6) is 0. The van der Waals surface area contributed by atoms with E-state index < -0.39 is 0 Å². The monoisotopic (exact) mass is 296 g/mol. The minimum atomic E-state index is 0.926. The summed E-state index contributed by atoms with van der Waals surface area (Å²) < 4.78 is 6.95. The summed E-state index contributed by atoms with van der Waals surface area (Å²) in [5, 5.41) is 4.82. The third-order valence-electron chi connectivity index (χ3n) is 3.32. The summed E-state index contributed by atoms with van der Waals surface area (Å²) in [5.41, 5.74) is 1.86. The first-order valence-corrected chi connectivity index (χ1v) is 6.62. The first kappa shape index (κ1) is 10.2. The van der Waals surface area contributed by atoms with Crippen LogP contribution in [-0.4, -0.2) is 0 Å². The Bertz CT molecular complexity index is 889. The first-order chi connectivity index (χ1) is 8.84. The molecule has 0 bridgehead atoms. The van der Waals surface area contributed by atoms with E-state index in [9.17, 15) is 0 Å². The largest absolute Gasteiger partial charge is 0.455 e. The summed E-state index contributed by atoms with van der Waals surface area (Å²) >= 11 is 3.60. The molecule has 0 aliphatic heterocycles. The van der Waals surface area contributed by atoms with Crippen LogP contribution in [-0.2, 0) is 0 Å². The lowest BCUT2D eigenvalue weighted by Crippen LogP contribution is -1.75. The lowest BCUT2D eigenvalue weighted by Gasteiger charge is -2.00. The molecule has 18 heavy (non-hydrogen) atoms. The summed E-state index contributed by atoms with van der Waals surface area (Å²) in [4.78, 5) is 0. The van der Waals surface area contributed by atoms with Crippen molar-refractivity contribution in [1.29, 1.82) is 0 Å². The number of hydrogen-bond donors (Lipinski definition) is 0. The van der Waals surface area contributed by atoms with Crippen LogP contribution in [0.1, 0.15) is 0 Å². The molecular formula is C16H9BrO. The van der Waals surface area contributed by atoms with Crippen LogP contribution in [0.2, 0.25) is 0 Å². The molecule has 1 aromatic heterocycles. The molecule has 0 unspecified atom stereocenters. The number of benzene rings is 3. The van der Waals surface area contributed by atoms with Crippen LogP contribution < -0.4 is 0 Å². The maximum absolute atomic E-state index is 5.94. The van der Waals surface area contributed by atoms with Gasteiger partial charge in [-0.3, -0.25) is 0 Å². The fourth-order valence-electron chi connectivity index (χ4n) is 2.53. The van der Waals surface area contributed by atoms with E-state index in [1.807, 2.05) is 18.2 Å². The zero-order valence-electron chi connectivity index (χ0n) is 9.48. The SMILES string of the molecule is Brc1cc2ccccc2c2c1oc1ccccc12. The molecule has 4 rings (SSSR count). The van der Waals surface area contributed by atoms with E-state index in [-0.39, 0.29) is 0 Å². The first-order valence-electron chi connectivity index (χ1n) is 5.83. The average Bonchev–Trinajstić information content (AvgIpc) is 2.79. The van der Waals surface area contributed by atoms with Crippen molar-refractivity contribution in [3.63, 3.8) is 0 Å². The highest BCUT2D eigenvalue weighted by atomic mass is 79.9. The minimum absolute atomic E-state index is 0.926. The van der Waals surface area contributed by atoms with Crippen molar-refractivity contribution in [2.45, 2.75) is 0 Å². The minimum Gasteiger partial charge on any atom is -0.455 e. The van der Waals surface area contributed by atoms with Crippen LogP contribution in [0.5, 0.6) is 0 Å². The molecule has 4 aromatic rings. The third kappa shape index (κ3) is 1.27. The zero-order valence-corrected chi connectivity index (χ0v) is 11.1. The van der Waals surface area contributed by atoms with Gasteiger partial charge >= 0.3 is 0 Å². The van der Waals surface area contributed by atoms with Gasteiger partial charge in [0.2, 0.25) is 0 Å². The molecule has 3 aromatic carbocycles. The Morgan fingerprint density at radius 1 is 0.833 bits per heavy atom. The smallest absolute Gasteiger partial charge is 0.150 e. The number of hydrogen-bond acceptors (Lipinski definition) is 1.